The van der Waals surface area contributed by atoms with Gasteiger partial charge in [0, 0.05) is 41.4 Å². The molecule has 2 saturated carbocycles. The van der Waals surface area contributed by atoms with Crippen molar-refractivity contribution in [3.05, 3.63) is 42.0 Å². The number of hydrogen-bond donors (Lipinski definition) is 1. The first-order valence-electron chi connectivity index (χ1n) is 14.2. The summed E-state index contributed by atoms with van der Waals surface area (Å²) in [5.41, 5.74) is 3.15. The average Bonchev–Trinajstić information content (AvgIpc) is 3.30. The minimum absolute atomic E-state index is 0.0704. The lowest BCUT2D eigenvalue weighted by molar-refractivity contribution is -0.141. The topological polar surface area (TPSA) is 117 Å². The molecule has 3 heterocycles. The van der Waals surface area contributed by atoms with Gasteiger partial charge in [-0.05, 0) is 31.6 Å². The molecule has 3 aliphatic rings. The lowest BCUT2D eigenvalue weighted by atomic mass is 9.90. The van der Waals surface area contributed by atoms with Crippen LogP contribution >= 0.6 is 11.3 Å². The lowest BCUT2D eigenvalue weighted by Gasteiger charge is -2.26. The molecule has 10 heteroatoms. The highest BCUT2D eigenvalue weighted by Crippen LogP contribution is 2.40. The number of benzene rings is 1. The molecular weight excluding hydrogens is 526 g/mol. The fraction of sp³-hybridized carbons (Fsp3) is 0.467. The summed E-state index contributed by atoms with van der Waals surface area (Å²) in [6, 6.07) is 7.90. The van der Waals surface area contributed by atoms with Crippen molar-refractivity contribution in [2.45, 2.75) is 70.3 Å². The number of carbonyl (C=O) groups excluding carboxylic acids is 2. The van der Waals surface area contributed by atoms with Gasteiger partial charge in [-0.15, -0.1) is 11.3 Å². The summed E-state index contributed by atoms with van der Waals surface area (Å²) in [6.07, 6.45) is 11.5. The third-order valence-electron chi connectivity index (χ3n) is 8.18. The Morgan fingerprint density at radius 1 is 1.02 bits per heavy atom. The molecule has 1 aromatic carbocycles. The summed E-state index contributed by atoms with van der Waals surface area (Å²) in [5.74, 6) is -0.514. The summed E-state index contributed by atoms with van der Waals surface area (Å²) < 4.78 is 0. The Morgan fingerprint density at radius 2 is 1.77 bits per heavy atom. The van der Waals surface area contributed by atoms with E-state index in [0.29, 0.717) is 41.9 Å². The van der Waals surface area contributed by atoms with Gasteiger partial charge in [-0.1, -0.05) is 49.9 Å². The Balaban J connectivity index is 1.26. The summed E-state index contributed by atoms with van der Waals surface area (Å²) >= 11 is 1.42. The van der Waals surface area contributed by atoms with Gasteiger partial charge in [0.2, 0.25) is 11.8 Å². The predicted molar refractivity (Wildman–Crippen MR) is 153 cm³/mol. The van der Waals surface area contributed by atoms with Gasteiger partial charge < -0.3 is 5.11 Å². The van der Waals surface area contributed by atoms with Crippen molar-refractivity contribution >= 4 is 40.1 Å². The molecule has 1 aliphatic heterocycles. The van der Waals surface area contributed by atoms with Crippen LogP contribution < -0.4 is 9.80 Å². The number of nitrogens with zero attached hydrogens (tertiary/aromatic N) is 5. The molecule has 0 radical (unpaired) electrons. The summed E-state index contributed by atoms with van der Waals surface area (Å²) in [7, 11) is 0. The van der Waals surface area contributed by atoms with Crippen LogP contribution in [0, 0.1) is 11.8 Å². The second kappa shape index (κ2) is 11.4. The molecule has 1 N–H and O–H groups in total. The Labute approximate surface area is 237 Å². The van der Waals surface area contributed by atoms with E-state index in [9.17, 15) is 19.5 Å². The second-order valence-corrected chi connectivity index (χ2v) is 11.9. The smallest absolute Gasteiger partial charge is 0.304 e. The van der Waals surface area contributed by atoms with Crippen LogP contribution in [0.1, 0.15) is 64.2 Å². The molecule has 2 aromatic heterocycles. The van der Waals surface area contributed by atoms with E-state index in [0.717, 1.165) is 61.8 Å². The molecule has 0 spiro atoms. The maximum Gasteiger partial charge on any atom is 0.304 e. The number of aliphatic carboxylic acids is 1. The Bertz CT molecular complexity index is 1400. The number of aromatic nitrogens is 3. The summed E-state index contributed by atoms with van der Waals surface area (Å²) in [5, 5.41) is 12.2. The lowest BCUT2D eigenvalue weighted by Crippen LogP contribution is -2.39. The highest BCUT2D eigenvalue weighted by atomic mass is 32.1. The number of rotatable bonds is 10. The van der Waals surface area contributed by atoms with Crippen molar-refractivity contribution < 1.29 is 19.5 Å². The first kappa shape index (κ1) is 26.6. The molecule has 2 aliphatic carbocycles. The zero-order chi connectivity index (χ0) is 27.6. The summed E-state index contributed by atoms with van der Waals surface area (Å²) in [4.78, 5) is 55.1. The summed E-state index contributed by atoms with van der Waals surface area (Å²) in [6.45, 7) is 0.662. The van der Waals surface area contributed by atoms with Crippen LogP contribution in [0.2, 0.25) is 0 Å². The second-order valence-electron chi connectivity index (χ2n) is 11.1. The Kier molecular flexibility index (Phi) is 7.60. The molecule has 208 valence electrons. The molecule has 1 saturated heterocycles. The quantitative estimate of drug-likeness (QED) is 0.346. The van der Waals surface area contributed by atoms with Crippen LogP contribution in [0.5, 0.6) is 0 Å². The van der Waals surface area contributed by atoms with E-state index in [1.807, 2.05) is 29.6 Å². The van der Waals surface area contributed by atoms with E-state index in [1.54, 1.807) is 22.2 Å². The normalized spacial score (nSPS) is 18.3. The van der Waals surface area contributed by atoms with Crippen molar-refractivity contribution in [3.8, 4) is 22.5 Å². The SMILES string of the molecule is O=C(O)C[C@@H](CC1CCCC1)C(=O)N(c1nc(-c2ccccc2-c2cnc(N3CCCC3=O)cn2)cs1)C1CC1. The minimum atomic E-state index is -0.929. The van der Waals surface area contributed by atoms with E-state index >= 15 is 0 Å². The van der Waals surface area contributed by atoms with E-state index in [4.69, 9.17) is 4.98 Å². The van der Waals surface area contributed by atoms with Gasteiger partial charge in [0.1, 0.15) is 0 Å². The molecule has 0 unspecified atom stereocenters. The van der Waals surface area contributed by atoms with E-state index in [1.165, 1.54) is 11.3 Å². The third kappa shape index (κ3) is 5.63. The van der Waals surface area contributed by atoms with Gasteiger partial charge in [0.25, 0.3) is 0 Å². The van der Waals surface area contributed by atoms with Crippen LogP contribution in [-0.4, -0.2) is 50.4 Å². The first-order valence-corrected chi connectivity index (χ1v) is 15.1. The van der Waals surface area contributed by atoms with Crippen LogP contribution in [0.3, 0.4) is 0 Å². The largest absolute Gasteiger partial charge is 0.481 e. The van der Waals surface area contributed by atoms with Crippen LogP contribution in [0.15, 0.2) is 42.0 Å². The Hall–Kier alpha value is -3.66. The number of anilines is 2. The van der Waals surface area contributed by atoms with Crippen molar-refractivity contribution in [1.29, 1.82) is 0 Å². The predicted octanol–water partition coefficient (Wildman–Crippen LogP) is 5.56. The molecule has 1 atom stereocenters. The van der Waals surface area contributed by atoms with Crippen LogP contribution in [-0.2, 0) is 14.4 Å². The molecular formula is C30H33N5O4S. The van der Waals surface area contributed by atoms with E-state index in [2.05, 4.69) is 9.97 Å². The zero-order valence-corrected chi connectivity index (χ0v) is 23.2. The molecule has 40 heavy (non-hydrogen) atoms. The van der Waals surface area contributed by atoms with Gasteiger partial charge in [-0.3, -0.25) is 29.2 Å². The maximum atomic E-state index is 13.8. The van der Waals surface area contributed by atoms with E-state index in [-0.39, 0.29) is 24.3 Å². The number of amides is 2. The third-order valence-corrected chi connectivity index (χ3v) is 9.02. The number of hydrogen-bond acceptors (Lipinski definition) is 7. The molecule has 9 nitrogen and oxygen atoms in total. The number of carboxylic acid groups (broad SMARTS) is 1. The molecule has 6 rings (SSSR count). The fourth-order valence-electron chi connectivity index (χ4n) is 6.01. The minimum Gasteiger partial charge on any atom is -0.481 e. The van der Waals surface area contributed by atoms with Gasteiger partial charge in [-0.25, -0.2) is 9.97 Å². The van der Waals surface area contributed by atoms with Crippen molar-refractivity contribution in [1.82, 2.24) is 15.0 Å². The highest BCUT2D eigenvalue weighted by molar-refractivity contribution is 7.14. The van der Waals surface area contributed by atoms with Crippen molar-refractivity contribution in [2.75, 3.05) is 16.3 Å². The zero-order valence-electron chi connectivity index (χ0n) is 22.4. The molecule has 3 fully saturated rings. The van der Waals surface area contributed by atoms with Gasteiger partial charge in [-0.2, -0.15) is 0 Å². The van der Waals surface area contributed by atoms with Crippen LogP contribution in [0.4, 0.5) is 10.9 Å². The van der Waals surface area contributed by atoms with Gasteiger partial charge in [0.15, 0.2) is 10.9 Å². The van der Waals surface area contributed by atoms with Gasteiger partial charge in [0.05, 0.1) is 30.2 Å². The molecule has 2 amide bonds. The van der Waals surface area contributed by atoms with Gasteiger partial charge >= 0.3 is 5.97 Å². The molecule has 3 aromatic rings. The van der Waals surface area contributed by atoms with Crippen molar-refractivity contribution in [3.63, 3.8) is 0 Å². The van der Waals surface area contributed by atoms with Crippen LogP contribution in [0.25, 0.3) is 22.5 Å². The fourth-order valence-corrected chi connectivity index (χ4v) is 6.91. The Morgan fingerprint density at radius 3 is 2.40 bits per heavy atom. The highest BCUT2D eigenvalue weighted by Gasteiger charge is 2.40. The monoisotopic (exact) mass is 559 g/mol. The number of carbonyl (C=O) groups is 3. The number of thiazole rings is 1. The standard InChI is InChI=1S/C30H33N5O4S/c36-27-10-5-13-34(27)26-17-31-24(16-32-26)22-8-3-4-9-23(22)25-18-40-30(33-25)35(21-11-12-21)29(39)20(15-28(37)38)14-19-6-1-2-7-19/h3-4,8-9,16-21H,1-2,5-7,10-15H2,(H,37,38)/t20-/m1/s1. The number of carboxylic acids is 1. The maximum absolute atomic E-state index is 13.8. The average molecular weight is 560 g/mol. The van der Waals surface area contributed by atoms with Crippen molar-refractivity contribution in [2.24, 2.45) is 11.8 Å². The van der Waals surface area contributed by atoms with E-state index < -0.39 is 11.9 Å². The first-order chi connectivity index (χ1) is 19.5. The molecule has 0 bridgehead atoms.